The van der Waals surface area contributed by atoms with Gasteiger partial charge in [0.2, 0.25) is 0 Å². The van der Waals surface area contributed by atoms with Crippen molar-refractivity contribution in [2.75, 3.05) is 5.32 Å². The third kappa shape index (κ3) is 3.32. The Morgan fingerprint density at radius 3 is 2.47 bits per heavy atom. The molecule has 2 aromatic carbocycles. The summed E-state index contributed by atoms with van der Waals surface area (Å²) in [6, 6.07) is 16.4. The zero-order chi connectivity index (χ0) is 13.7. The summed E-state index contributed by atoms with van der Waals surface area (Å²) in [6.07, 6.45) is 0.406. The second-order valence-electron chi connectivity index (χ2n) is 4.42. The van der Waals surface area contributed by atoms with Crippen LogP contribution in [0.2, 0.25) is 0 Å². The van der Waals surface area contributed by atoms with E-state index in [0.717, 1.165) is 11.3 Å². The van der Waals surface area contributed by atoms with E-state index >= 15 is 0 Å². The molecule has 1 atom stereocenters. The molecule has 19 heavy (non-hydrogen) atoms. The zero-order valence-corrected chi connectivity index (χ0v) is 10.7. The van der Waals surface area contributed by atoms with Crippen molar-refractivity contribution in [1.82, 2.24) is 0 Å². The van der Waals surface area contributed by atoms with Gasteiger partial charge >= 0.3 is 0 Å². The summed E-state index contributed by atoms with van der Waals surface area (Å²) in [5.74, 6) is -0.205. The molecule has 2 aromatic rings. The Kier molecular flexibility index (Phi) is 4.15. The minimum Gasteiger partial charge on any atom is -0.378 e. The first-order valence-corrected chi connectivity index (χ1v) is 6.17. The molecule has 0 saturated carbocycles. The number of nitrogens with zero attached hydrogens (tertiary/aromatic N) is 1. The molecule has 0 spiro atoms. The van der Waals surface area contributed by atoms with Crippen molar-refractivity contribution < 1.29 is 4.39 Å². The molecule has 96 valence electrons. The third-order valence-electron chi connectivity index (χ3n) is 2.99. The van der Waals surface area contributed by atoms with Gasteiger partial charge in [0, 0.05) is 11.3 Å². The number of hydrogen-bond donors (Lipinski definition) is 1. The van der Waals surface area contributed by atoms with E-state index in [0.29, 0.717) is 12.0 Å². The molecule has 0 fully saturated rings. The molecule has 1 unspecified atom stereocenters. The summed E-state index contributed by atoms with van der Waals surface area (Å²) < 4.78 is 13.6. The number of nitrogens with one attached hydrogen (secondary N) is 1. The number of nitriles is 1. The van der Waals surface area contributed by atoms with Gasteiger partial charge in [-0.1, -0.05) is 30.3 Å². The number of halogens is 1. The number of rotatable bonds is 4. The molecule has 0 aliphatic rings. The smallest absolute Gasteiger partial charge is 0.128 e. The van der Waals surface area contributed by atoms with Crippen LogP contribution in [0.4, 0.5) is 10.1 Å². The molecule has 0 heterocycles. The lowest BCUT2D eigenvalue weighted by molar-refractivity contribution is 0.600. The van der Waals surface area contributed by atoms with E-state index in [1.807, 2.05) is 37.3 Å². The number of hydrogen-bond acceptors (Lipinski definition) is 2. The SMILES string of the molecule is CC(Nc1ccc(CC#N)cc1)c1ccccc1F. The lowest BCUT2D eigenvalue weighted by atomic mass is 10.1. The maximum Gasteiger partial charge on any atom is 0.128 e. The second kappa shape index (κ2) is 6.01. The van der Waals surface area contributed by atoms with Crippen LogP contribution in [0.25, 0.3) is 0 Å². The first-order chi connectivity index (χ1) is 9.20. The summed E-state index contributed by atoms with van der Waals surface area (Å²) in [5.41, 5.74) is 2.53. The molecule has 3 heteroatoms. The van der Waals surface area contributed by atoms with Crippen molar-refractivity contribution >= 4 is 5.69 Å². The van der Waals surface area contributed by atoms with Crippen LogP contribution in [-0.2, 0) is 6.42 Å². The van der Waals surface area contributed by atoms with Gasteiger partial charge in [0.05, 0.1) is 18.5 Å². The zero-order valence-electron chi connectivity index (χ0n) is 10.7. The summed E-state index contributed by atoms with van der Waals surface area (Å²) >= 11 is 0. The van der Waals surface area contributed by atoms with Crippen molar-refractivity contribution in [3.8, 4) is 6.07 Å². The van der Waals surface area contributed by atoms with Gasteiger partial charge in [0.15, 0.2) is 0 Å². The van der Waals surface area contributed by atoms with Gasteiger partial charge in [-0.2, -0.15) is 5.26 Å². The van der Waals surface area contributed by atoms with Crippen molar-refractivity contribution in [2.45, 2.75) is 19.4 Å². The highest BCUT2D eigenvalue weighted by Crippen LogP contribution is 2.21. The molecule has 0 aromatic heterocycles. The molecule has 0 amide bonds. The molecule has 0 saturated heterocycles. The highest BCUT2D eigenvalue weighted by atomic mass is 19.1. The van der Waals surface area contributed by atoms with Crippen molar-refractivity contribution in [2.24, 2.45) is 0 Å². The van der Waals surface area contributed by atoms with E-state index in [2.05, 4.69) is 11.4 Å². The van der Waals surface area contributed by atoms with Crippen LogP contribution in [0, 0.1) is 17.1 Å². The van der Waals surface area contributed by atoms with Gasteiger partial charge in [-0.3, -0.25) is 0 Å². The van der Waals surface area contributed by atoms with Gasteiger partial charge in [0.25, 0.3) is 0 Å². The van der Waals surface area contributed by atoms with Crippen LogP contribution < -0.4 is 5.32 Å². The summed E-state index contributed by atoms with van der Waals surface area (Å²) in [7, 11) is 0. The molecule has 0 aliphatic carbocycles. The van der Waals surface area contributed by atoms with E-state index in [9.17, 15) is 4.39 Å². The van der Waals surface area contributed by atoms with Crippen LogP contribution in [0.1, 0.15) is 24.1 Å². The van der Waals surface area contributed by atoms with E-state index in [-0.39, 0.29) is 11.9 Å². The van der Waals surface area contributed by atoms with Crippen molar-refractivity contribution in [3.63, 3.8) is 0 Å². The fourth-order valence-electron chi connectivity index (χ4n) is 1.96. The fraction of sp³-hybridized carbons (Fsp3) is 0.188. The first kappa shape index (κ1) is 13.1. The van der Waals surface area contributed by atoms with Crippen LogP contribution in [-0.4, -0.2) is 0 Å². The average molecular weight is 254 g/mol. The molecular weight excluding hydrogens is 239 g/mol. The number of benzene rings is 2. The molecule has 0 aliphatic heterocycles. The maximum atomic E-state index is 13.6. The van der Waals surface area contributed by atoms with E-state index in [4.69, 9.17) is 5.26 Å². The third-order valence-corrected chi connectivity index (χ3v) is 2.99. The summed E-state index contributed by atoms with van der Waals surface area (Å²) in [4.78, 5) is 0. The first-order valence-electron chi connectivity index (χ1n) is 6.17. The Bertz CT molecular complexity index is 584. The fourth-order valence-corrected chi connectivity index (χ4v) is 1.96. The predicted molar refractivity (Wildman–Crippen MR) is 74.2 cm³/mol. The average Bonchev–Trinajstić information content (AvgIpc) is 2.42. The Hall–Kier alpha value is -2.34. The normalized spacial score (nSPS) is 11.6. The van der Waals surface area contributed by atoms with Crippen LogP contribution in [0.15, 0.2) is 48.5 Å². The van der Waals surface area contributed by atoms with Gasteiger partial charge in [-0.25, -0.2) is 4.39 Å². The monoisotopic (exact) mass is 254 g/mol. The summed E-state index contributed by atoms with van der Waals surface area (Å²) in [6.45, 7) is 1.92. The van der Waals surface area contributed by atoms with Gasteiger partial charge < -0.3 is 5.32 Å². The second-order valence-corrected chi connectivity index (χ2v) is 4.42. The maximum absolute atomic E-state index is 13.6. The predicted octanol–water partition coefficient (Wildman–Crippen LogP) is 4.06. The summed E-state index contributed by atoms with van der Waals surface area (Å²) in [5, 5.41) is 11.9. The van der Waals surface area contributed by atoms with E-state index in [1.54, 1.807) is 12.1 Å². The highest BCUT2D eigenvalue weighted by Gasteiger charge is 2.09. The minimum atomic E-state index is -0.205. The molecule has 2 nitrogen and oxygen atoms in total. The van der Waals surface area contributed by atoms with Crippen LogP contribution in [0.3, 0.4) is 0 Å². The van der Waals surface area contributed by atoms with Crippen molar-refractivity contribution in [3.05, 3.63) is 65.5 Å². The Balaban J connectivity index is 2.09. The van der Waals surface area contributed by atoms with Gasteiger partial charge in [-0.15, -0.1) is 0 Å². The van der Waals surface area contributed by atoms with E-state index in [1.165, 1.54) is 6.07 Å². The number of anilines is 1. The van der Waals surface area contributed by atoms with Gasteiger partial charge in [-0.05, 0) is 30.7 Å². The van der Waals surface area contributed by atoms with Crippen LogP contribution >= 0.6 is 0 Å². The molecular formula is C16H15FN2. The molecule has 2 rings (SSSR count). The lowest BCUT2D eigenvalue weighted by Crippen LogP contribution is -2.08. The van der Waals surface area contributed by atoms with Crippen LogP contribution in [0.5, 0.6) is 0 Å². The standard InChI is InChI=1S/C16H15FN2/c1-12(15-4-2-3-5-16(15)17)19-14-8-6-13(7-9-14)10-11-18/h2-9,12,19H,10H2,1H3. The minimum absolute atomic E-state index is 0.108. The Morgan fingerprint density at radius 1 is 1.16 bits per heavy atom. The Labute approximate surface area is 112 Å². The molecule has 1 N–H and O–H groups in total. The topological polar surface area (TPSA) is 35.8 Å². The molecule has 0 bridgehead atoms. The highest BCUT2D eigenvalue weighted by molar-refractivity contribution is 5.47. The van der Waals surface area contributed by atoms with E-state index < -0.39 is 0 Å². The van der Waals surface area contributed by atoms with Gasteiger partial charge in [0.1, 0.15) is 5.82 Å². The lowest BCUT2D eigenvalue weighted by Gasteiger charge is -2.16. The Morgan fingerprint density at radius 2 is 1.84 bits per heavy atom. The molecule has 0 radical (unpaired) electrons. The quantitative estimate of drug-likeness (QED) is 0.892. The van der Waals surface area contributed by atoms with Crippen molar-refractivity contribution in [1.29, 1.82) is 5.26 Å². The largest absolute Gasteiger partial charge is 0.378 e.